The molecule has 1 aromatic heterocycles. The summed E-state index contributed by atoms with van der Waals surface area (Å²) in [5.41, 5.74) is 2.55. The van der Waals surface area contributed by atoms with Gasteiger partial charge in [0.05, 0.1) is 11.9 Å². The van der Waals surface area contributed by atoms with Crippen LogP contribution in [0, 0.1) is 6.92 Å². The molecule has 0 saturated heterocycles. The summed E-state index contributed by atoms with van der Waals surface area (Å²) in [5, 5.41) is 0. The summed E-state index contributed by atoms with van der Waals surface area (Å²) < 4.78 is 12.9. The molecule has 0 amide bonds. The quantitative estimate of drug-likeness (QED) is 0.735. The smallest absolute Gasteiger partial charge is 0.140 e. The Kier molecular flexibility index (Phi) is 2.00. The van der Waals surface area contributed by atoms with Crippen LogP contribution in [0.4, 0.5) is 0 Å². The van der Waals surface area contributed by atoms with Crippen LogP contribution in [0.25, 0.3) is 0 Å². The van der Waals surface area contributed by atoms with Crippen molar-refractivity contribution >= 4 is 12.6 Å². The van der Waals surface area contributed by atoms with Crippen molar-refractivity contribution in [3.05, 3.63) is 18.1 Å². The number of nitrogens with zero attached hydrogens (tertiary/aromatic N) is 2. The van der Waals surface area contributed by atoms with Gasteiger partial charge in [-0.2, -0.15) is 0 Å². The van der Waals surface area contributed by atoms with Gasteiger partial charge in [-0.1, -0.05) is 0 Å². The Morgan fingerprint density at radius 2 is 1.73 bits per heavy atom. The first kappa shape index (κ1) is 9.53. The molecule has 3 rings (SSSR count). The minimum atomic E-state index is -2.19. The Morgan fingerprint density at radius 1 is 1.13 bits per heavy atom. The van der Waals surface area contributed by atoms with Crippen LogP contribution in [0.3, 0.4) is 0 Å². The molecule has 2 fully saturated rings. The van der Waals surface area contributed by atoms with Crippen molar-refractivity contribution in [1.82, 2.24) is 9.97 Å². The summed E-state index contributed by atoms with van der Waals surface area (Å²) in [6, 6.07) is 0. The molecule has 0 aromatic carbocycles. The molecule has 3 nitrogen and oxygen atoms in total. The van der Waals surface area contributed by atoms with Crippen LogP contribution in [0.1, 0.15) is 31.4 Å². The number of hydrogen-bond acceptors (Lipinski definition) is 3. The Bertz CT molecular complexity index is 405. The van der Waals surface area contributed by atoms with E-state index in [9.17, 15) is 4.57 Å². The molecule has 80 valence electrons. The van der Waals surface area contributed by atoms with Gasteiger partial charge in [0.25, 0.3) is 0 Å². The molecule has 1 aromatic rings. The monoisotopic (exact) mass is 222 g/mol. The molecule has 0 radical (unpaired) electrons. The van der Waals surface area contributed by atoms with Crippen molar-refractivity contribution in [2.24, 2.45) is 0 Å². The van der Waals surface area contributed by atoms with Crippen LogP contribution < -0.4 is 5.44 Å². The standard InChI is InChI=1S/C11H15N2OP/c1-8-6-13-11(7-12-8)15(14,9-2-3-9)10-4-5-10/h6-7,9-10H,2-5H2,1H3. The first-order valence-electron chi connectivity index (χ1n) is 5.60. The zero-order valence-corrected chi connectivity index (χ0v) is 9.78. The van der Waals surface area contributed by atoms with E-state index >= 15 is 0 Å². The molecule has 1 heterocycles. The predicted octanol–water partition coefficient (Wildman–Crippen LogP) is 2.10. The average molecular weight is 222 g/mol. The lowest BCUT2D eigenvalue weighted by Gasteiger charge is -2.15. The lowest BCUT2D eigenvalue weighted by atomic mass is 10.5. The molecular formula is C11H15N2OP. The number of hydrogen-bond donors (Lipinski definition) is 0. The molecular weight excluding hydrogens is 207 g/mol. The van der Waals surface area contributed by atoms with Gasteiger partial charge < -0.3 is 4.57 Å². The van der Waals surface area contributed by atoms with E-state index in [-0.39, 0.29) is 0 Å². The Hall–Kier alpha value is -0.690. The fourth-order valence-corrected chi connectivity index (χ4v) is 5.81. The van der Waals surface area contributed by atoms with Crippen molar-refractivity contribution in [2.45, 2.75) is 43.9 Å². The average Bonchev–Trinajstić information content (AvgIpc) is 3.07. The van der Waals surface area contributed by atoms with E-state index in [1.165, 1.54) is 0 Å². The second-order valence-corrected chi connectivity index (χ2v) is 8.03. The zero-order valence-electron chi connectivity index (χ0n) is 8.89. The van der Waals surface area contributed by atoms with Gasteiger partial charge in [-0.3, -0.25) is 4.98 Å². The highest BCUT2D eigenvalue weighted by Gasteiger charge is 2.52. The van der Waals surface area contributed by atoms with E-state index in [1.807, 2.05) is 6.92 Å². The summed E-state index contributed by atoms with van der Waals surface area (Å²) in [4.78, 5) is 8.58. The van der Waals surface area contributed by atoms with Crippen molar-refractivity contribution < 1.29 is 4.57 Å². The van der Waals surface area contributed by atoms with Crippen LogP contribution in [0.15, 0.2) is 12.4 Å². The SMILES string of the molecule is Cc1cnc(P(=O)(C2CC2)C2CC2)cn1. The number of aryl methyl sites for hydroxylation is 1. The molecule has 2 saturated carbocycles. The van der Waals surface area contributed by atoms with Gasteiger partial charge in [0, 0.05) is 17.5 Å². The summed E-state index contributed by atoms with van der Waals surface area (Å²) in [5.74, 6) is 0. The largest absolute Gasteiger partial charge is 0.316 e. The minimum Gasteiger partial charge on any atom is -0.316 e. The van der Waals surface area contributed by atoms with E-state index in [2.05, 4.69) is 9.97 Å². The van der Waals surface area contributed by atoms with Gasteiger partial charge in [-0.25, -0.2) is 4.98 Å². The van der Waals surface area contributed by atoms with Crippen molar-refractivity contribution in [3.63, 3.8) is 0 Å². The zero-order chi connectivity index (χ0) is 10.5. The maximum absolute atomic E-state index is 12.9. The summed E-state index contributed by atoms with van der Waals surface area (Å²) in [6.45, 7) is 1.91. The summed E-state index contributed by atoms with van der Waals surface area (Å²) >= 11 is 0. The third kappa shape index (κ3) is 1.53. The Morgan fingerprint density at radius 3 is 2.13 bits per heavy atom. The Balaban J connectivity index is 2.01. The fourth-order valence-electron chi connectivity index (χ4n) is 2.15. The van der Waals surface area contributed by atoms with Gasteiger partial charge in [0.15, 0.2) is 0 Å². The van der Waals surface area contributed by atoms with Crippen molar-refractivity contribution in [2.75, 3.05) is 0 Å². The van der Waals surface area contributed by atoms with Crippen LogP contribution in [0.2, 0.25) is 0 Å². The highest BCUT2D eigenvalue weighted by atomic mass is 31.2. The van der Waals surface area contributed by atoms with E-state index < -0.39 is 7.14 Å². The van der Waals surface area contributed by atoms with Gasteiger partial charge in [0.1, 0.15) is 12.6 Å². The highest BCUT2D eigenvalue weighted by molar-refractivity contribution is 7.73. The molecule has 0 spiro atoms. The molecule has 0 N–H and O–H groups in total. The normalized spacial score (nSPS) is 21.7. The lowest BCUT2D eigenvalue weighted by Crippen LogP contribution is -2.16. The van der Waals surface area contributed by atoms with Crippen LogP contribution in [-0.4, -0.2) is 21.3 Å². The van der Waals surface area contributed by atoms with Crippen LogP contribution in [-0.2, 0) is 4.57 Å². The molecule has 0 unspecified atom stereocenters. The lowest BCUT2D eigenvalue weighted by molar-refractivity contribution is 0.578. The van der Waals surface area contributed by atoms with E-state index in [0.717, 1.165) is 36.8 Å². The van der Waals surface area contributed by atoms with Gasteiger partial charge in [-0.15, -0.1) is 0 Å². The fraction of sp³-hybridized carbons (Fsp3) is 0.636. The molecule has 4 heteroatoms. The van der Waals surface area contributed by atoms with Crippen LogP contribution >= 0.6 is 7.14 Å². The highest BCUT2D eigenvalue weighted by Crippen LogP contribution is 2.68. The first-order chi connectivity index (χ1) is 7.21. The van der Waals surface area contributed by atoms with Gasteiger partial charge in [0.2, 0.25) is 0 Å². The third-order valence-corrected chi connectivity index (χ3v) is 7.45. The minimum absolute atomic E-state index is 0.432. The second-order valence-electron chi connectivity index (χ2n) is 4.69. The van der Waals surface area contributed by atoms with E-state index in [1.54, 1.807) is 12.4 Å². The van der Waals surface area contributed by atoms with Crippen molar-refractivity contribution in [3.8, 4) is 0 Å². The van der Waals surface area contributed by atoms with E-state index in [4.69, 9.17) is 0 Å². The van der Waals surface area contributed by atoms with Gasteiger partial charge in [-0.05, 0) is 32.6 Å². The molecule has 2 aliphatic carbocycles. The van der Waals surface area contributed by atoms with Gasteiger partial charge >= 0.3 is 0 Å². The first-order valence-corrected chi connectivity index (χ1v) is 7.44. The number of rotatable bonds is 3. The Labute approximate surface area is 89.7 Å². The predicted molar refractivity (Wildman–Crippen MR) is 60.1 cm³/mol. The van der Waals surface area contributed by atoms with Crippen molar-refractivity contribution in [1.29, 1.82) is 0 Å². The van der Waals surface area contributed by atoms with Crippen LogP contribution in [0.5, 0.6) is 0 Å². The molecule has 15 heavy (non-hydrogen) atoms. The van der Waals surface area contributed by atoms with E-state index in [0.29, 0.717) is 11.3 Å². The third-order valence-electron chi connectivity index (χ3n) is 3.30. The maximum atomic E-state index is 12.9. The molecule has 2 aliphatic rings. The molecule has 0 bridgehead atoms. The number of aromatic nitrogens is 2. The molecule has 0 aliphatic heterocycles. The summed E-state index contributed by atoms with van der Waals surface area (Å²) in [6.07, 6.45) is 8.00. The molecule has 0 atom stereocenters. The summed E-state index contributed by atoms with van der Waals surface area (Å²) in [7, 11) is -2.19. The second kappa shape index (κ2) is 3.15. The topological polar surface area (TPSA) is 42.9 Å². The maximum Gasteiger partial charge on any atom is 0.140 e.